The van der Waals surface area contributed by atoms with Crippen molar-refractivity contribution >= 4 is 5.82 Å². The molecule has 0 radical (unpaired) electrons. The second-order valence-electron chi connectivity index (χ2n) is 4.08. The van der Waals surface area contributed by atoms with Gasteiger partial charge in [-0.2, -0.15) is 4.98 Å². The van der Waals surface area contributed by atoms with Gasteiger partial charge >= 0.3 is 0 Å². The van der Waals surface area contributed by atoms with E-state index in [2.05, 4.69) is 9.88 Å². The Bertz CT molecular complexity index is 369. The first-order valence-corrected chi connectivity index (χ1v) is 6.01. The van der Waals surface area contributed by atoms with Gasteiger partial charge in [-0.25, -0.2) is 0 Å². The molecule has 0 unspecified atom stereocenters. The van der Waals surface area contributed by atoms with E-state index in [0.29, 0.717) is 19.1 Å². The van der Waals surface area contributed by atoms with Gasteiger partial charge in [0.05, 0.1) is 19.8 Å². The SMILES string of the molecule is OC[C@@H](O)COc1cccc(N2CCOCC2)n1. The van der Waals surface area contributed by atoms with E-state index in [1.54, 1.807) is 6.07 Å². The predicted molar refractivity (Wildman–Crippen MR) is 65.9 cm³/mol. The fraction of sp³-hybridized carbons (Fsp3) is 0.583. The topological polar surface area (TPSA) is 75.0 Å². The Labute approximate surface area is 106 Å². The molecular formula is C12H18N2O4. The van der Waals surface area contributed by atoms with Crippen molar-refractivity contribution in [3.63, 3.8) is 0 Å². The number of pyridine rings is 1. The van der Waals surface area contributed by atoms with Crippen molar-refractivity contribution in [3.05, 3.63) is 18.2 Å². The summed E-state index contributed by atoms with van der Waals surface area (Å²) >= 11 is 0. The molecule has 1 saturated heterocycles. The molecule has 2 N–H and O–H groups in total. The molecule has 2 heterocycles. The quantitative estimate of drug-likeness (QED) is 0.748. The van der Waals surface area contributed by atoms with Crippen LogP contribution < -0.4 is 9.64 Å². The molecule has 0 saturated carbocycles. The van der Waals surface area contributed by atoms with Crippen LogP contribution in [0.5, 0.6) is 5.88 Å². The average Bonchev–Trinajstić information content (AvgIpc) is 2.46. The maximum atomic E-state index is 9.21. The van der Waals surface area contributed by atoms with Gasteiger partial charge in [-0.3, -0.25) is 0 Å². The van der Waals surface area contributed by atoms with E-state index in [-0.39, 0.29) is 13.2 Å². The number of rotatable bonds is 5. The molecule has 100 valence electrons. The van der Waals surface area contributed by atoms with Crippen LogP contribution in [0.15, 0.2) is 18.2 Å². The van der Waals surface area contributed by atoms with Crippen LogP contribution in [0, 0.1) is 0 Å². The highest BCUT2D eigenvalue weighted by Gasteiger charge is 2.13. The Kier molecular flexibility index (Phi) is 4.74. The molecule has 0 aromatic carbocycles. The van der Waals surface area contributed by atoms with Gasteiger partial charge in [-0.15, -0.1) is 0 Å². The van der Waals surface area contributed by atoms with Gasteiger partial charge in [-0.1, -0.05) is 6.07 Å². The Hall–Kier alpha value is -1.37. The second-order valence-corrected chi connectivity index (χ2v) is 4.08. The van der Waals surface area contributed by atoms with Gasteiger partial charge in [0.1, 0.15) is 18.5 Å². The van der Waals surface area contributed by atoms with Gasteiger partial charge < -0.3 is 24.6 Å². The molecule has 0 bridgehead atoms. The number of aromatic nitrogens is 1. The summed E-state index contributed by atoms with van der Waals surface area (Å²) in [6.07, 6.45) is -0.876. The third kappa shape index (κ3) is 3.56. The molecule has 1 aromatic rings. The minimum absolute atomic E-state index is 0.0378. The van der Waals surface area contributed by atoms with Crippen molar-refractivity contribution in [2.45, 2.75) is 6.10 Å². The standard InChI is InChI=1S/C12H18N2O4/c15-8-10(16)9-18-12-3-1-2-11(13-12)14-4-6-17-7-5-14/h1-3,10,15-16H,4-9H2/t10-/m1/s1. The third-order valence-electron chi connectivity index (χ3n) is 2.68. The summed E-state index contributed by atoms with van der Waals surface area (Å²) in [5.74, 6) is 1.29. The molecule has 1 fully saturated rings. The first-order valence-electron chi connectivity index (χ1n) is 6.01. The monoisotopic (exact) mass is 254 g/mol. The van der Waals surface area contributed by atoms with E-state index in [1.165, 1.54) is 0 Å². The molecule has 6 heteroatoms. The van der Waals surface area contributed by atoms with Crippen LogP contribution in [-0.4, -0.2) is 60.8 Å². The predicted octanol–water partition coefficient (Wildman–Crippen LogP) is -0.350. The van der Waals surface area contributed by atoms with Crippen LogP contribution >= 0.6 is 0 Å². The fourth-order valence-corrected chi connectivity index (χ4v) is 1.69. The molecule has 18 heavy (non-hydrogen) atoms. The highest BCUT2D eigenvalue weighted by Crippen LogP contribution is 2.17. The minimum atomic E-state index is -0.876. The Balaban J connectivity index is 1.96. The number of aliphatic hydroxyl groups is 2. The molecule has 1 aliphatic heterocycles. The Morgan fingerprint density at radius 2 is 2.17 bits per heavy atom. The zero-order chi connectivity index (χ0) is 12.8. The summed E-state index contributed by atoms with van der Waals surface area (Å²) in [5.41, 5.74) is 0. The molecule has 0 spiro atoms. The molecular weight excluding hydrogens is 236 g/mol. The Morgan fingerprint density at radius 3 is 2.89 bits per heavy atom. The average molecular weight is 254 g/mol. The van der Waals surface area contributed by atoms with Gasteiger partial charge in [0, 0.05) is 19.2 Å². The van der Waals surface area contributed by atoms with Crippen LogP contribution in [0.3, 0.4) is 0 Å². The van der Waals surface area contributed by atoms with Gasteiger partial charge in [0.25, 0.3) is 0 Å². The van der Waals surface area contributed by atoms with Crippen LogP contribution in [0.1, 0.15) is 0 Å². The molecule has 0 amide bonds. The van der Waals surface area contributed by atoms with Crippen molar-refractivity contribution in [2.75, 3.05) is 44.4 Å². The number of nitrogens with zero attached hydrogens (tertiary/aromatic N) is 2. The summed E-state index contributed by atoms with van der Waals surface area (Å²) in [6, 6.07) is 5.51. The first kappa shape index (κ1) is 13.1. The smallest absolute Gasteiger partial charge is 0.215 e. The number of ether oxygens (including phenoxy) is 2. The van der Waals surface area contributed by atoms with Crippen molar-refractivity contribution in [1.82, 2.24) is 4.98 Å². The summed E-state index contributed by atoms with van der Waals surface area (Å²) in [5, 5.41) is 17.9. The number of anilines is 1. The normalized spacial score (nSPS) is 17.6. The zero-order valence-corrected chi connectivity index (χ0v) is 10.2. The van der Waals surface area contributed by atoms with Gasteiger partial charge in [0.15, 0.2) is 0 Å². The molecule has 0 aliphatic carbocycles. The number of morpholine rings is 1. The Morgan fingerprint density at radius 1 is 1.39 bits per heavy atom. The van der Waals surface area contributed by atoms with Crippen LogP contribution in [0.4, 0.5) is 5.82 Å². The summed E-state index contributed by atoms with van der Waals surface area (Å²) < 4.78 is 10.6. The number of hydrogen-bond donors (Lipinski definition) is 2. The van der Waals surface area contributed by atoms with Gasteiger partial charge in [0.2, 0.25) is 5.88 Å². The van der Waals surface area contributed by atoms with E-state index in [4.69, 9.17) is 14.6 Å². The molecule has 1 aliphatic rings. The first-order chi connectivity index (χ1) is 8.79. The van der Waals surface area contributed by atoms with E-state index in [9.17, 15) is 5.11 Å². The maximum absolute atomic E-state index is 9.21. The van der Waals surface area contributed by atoms with E-state index in [1.807, 2.05) is 12.1 Å². The highest BCUT2D eigenvalue weighted by atomic mass is 16.5. The highest BCUT2D eigenvalue weighted by molar-refractivity contribution is 5.40. The fourth-order valence-electron chi connectivity index (χ4n) is 1.69. The second kappa shape index (κ2) is 6.53. The molecule has 1 aromatic heterocycles. The summed E-state index contributed by atoms with van der Waals surface area (Å²) in [7, 11) is 0. The van der Waals surface area contributed by atoms with Crippen molar-refractivity contribution < 1.29 is 19.7 Å². The number of hydrogen-bond acceptors (Lipinski definition) is 6. The van der Waals surface area contributed by atoms with Crippen molar-refractivity contribution in [3.8, 4) is 5.88 Å². The van der Waals surface area contributed by atoms with E-state index >= 15 is 0 Å². The summed E-state index contributed by atoms with van der Waals surface area (Å²) in [6.45, 7) is 2.76. The van der Waals surface area contributed by atoms with Gasteiger partial charge in [-0.05, 0) is 6.07 Å². The lowest BCUT2D eigenvalue weighted by Gasteiger charge is -2.27. The lowest BCUT2D eigenvalue weighted by molar-refractivity contribution is 0.0521. The summed E-state index contributed by atoms with van der Waals surface area (Å²) in [4.78, 5) is 6.48. The molecule has 2 rings (SSSR count). The zero-order valence-electron chi connectivity index (χ0n) is 10.2. The molecule has 6 nitrogen and oxygen atoms in total. The minimum Gasteiger partial charge on any atom is -0.475 e. The maximum Gasteiger partial charge on any atom is 0.215 e. The van der Waals surface area contributed by atoms with E-state index in [0.717, 1.165) is 18.9 Å². The lowest BCUT2D eigenvalue weighted by Crippen LogP contribution is -2.36. The molecule has 1 atom stereocenters. The van der Waals surface area contributed by atoms with Crippen LogP contribution in [0.2, 0.25) is 0 Å². The van der Waals surface area contributed by atoms with E-state index < -0.39 is 6.10 Å². The van der Waals surface area contributed by atoms with Crippen LogP contribution in [-0.2, 0) is 4.74 Å². The van der Waals surface area contributed by atoms with Crippen molar-refractivity contribution in [2.24, 2.45) is 0 Å². The lowest BCUT2D eigenvalue weighted by atomic mass is 10.3. The largest absolute Gasteiger partial charge is 0.475 e. The van der Waals surface area contributed by atoms with Crippen molar-refractivity contribution in [1.29, 1.82) is 0 Å². The number of aliphatic hydroxyl groups excluding tert-OH is 2. The van der Waals surface area contributed by atoms with Crippen LogP contribution in [0.25, 0.3) is 0 Å². The third-order valence-corrected chi connectivity index (χ3v) is 2.68.